The van der Waals surface area contributed by atoms with E-state index < -0.39 is 0 Å². The summed E-state index contributed by atoms with van der Waals surface area (Å²) in [5.74, 6) is -0.342. The fourth-order valence-corrected chi connectivity index (χ4v) is 2.50. The van der Waals surface area contributed by atoms with E-state index in [1.54, 1.807) is 12.1 Å². The third kappa shape index (κ3) is 4.33. The zero-order valence-corrected chi connectivity index (χ0v) is 14.4. The maximum absolute atomic E-state index is 12.4. The van der Waals surface area contributed by atoms with Crippen molar-refractivity contribution in [3.63, 3.8) is 0 Å². The number of halogens is 2. The first-order valence-corrected chi connectivity index (χ1v) is 7.98. The molecule has 0 spiro atoms. The molecule has 0 aliphatic rings. The van der Waals surface area contributed by atoms with Crippen LogP contribution in [-0.2, 0) is 7.05 Å². The second-order valence-corrected chi connectivity index (χ2v) is 5.98. The minimum Gasteiger partial charge on any atom is -0.344 e. The number of rotatable bonds is 5. The Balaban J connectivity index is 2.24. The van der Waals surface area contributed by atoms with Crippen molar-refractivity contribution in [2.24, 2.45) is 7.05 Å². The summed E-state index contributed by atoms with van der Waals surface area (Å²) in [6.45, 7) is 2.03. The molecule has 0 unspecified atom stereocenters. The molecule has 1 aromatic carbocycles. The minimum absolute atomic E-state index is 0.188. The van der Waals surface area contributed by atoms with E-state index in [4.69, 9.17) is 23.2 Å². The molecule has 0 aliphatic carbocycles. The Kier molecular flexibility index (Phi) is 5.80. The largest absolute Gasteiger partial charge is 0.344 e. The number of hydrogen-bond donors (Lipinski definition) is 1. The van der Waals surface area contributed by atoms with Gasteiger partial charge in [-0.1, -0.05) is 42.6 Å². The minimum atomic E-state index is -0.342. The van der Waals surface area contributed by atoms with Crippen LogP contribution in [0.4, 0.5) is 0 Å². The molecule has 0 radical (unpaired) electrons. The summed E-state index contributed by atoms with van der Waals surface area (Å²) in [5, 5.41) is 7.79. The summed E-state index contributed by atoms with van der Waals surface area (Å²) in [6, 6.07) is 7.81. The molecule has 1 N–H and O–H groups in total. The lowest BCUT2D eigenvalue weighted by molar-refractivity contribution is 0.0927. The van der Waals surface area contributed by atoms with Gasteiger partial charge in [-0.2, -0.15) is 5.10 Å². The molecule has 7 heteroatoms. The van der Waals surface area contributed by atoms with Crippen molar-refractivity contribution in [1.82, 2.24) is 15.1 Å². The Morgan fingerprint density at radius 3 is 2.61 bits per heavy atom. The predicted octanol–water partition coefficient (Wildman–Crippen LogP) is 3.36. The Morgan fingerprint density at radius 1 is 1.26 bits per heavy atom. The summed E-state index contributed by atoms with van der Waals surface area (Å²) in [4.78, 5) is 23.7. The van der Waals surface area contributed by atoms with Crippen molar-refractivity contribution >= 4 is 29.1 Å². The van der Waals surface area contributed by atoms with Crippen LogP contribution in [0, 0.1) is 0 Å². The van der Waals surface area contributed by atoms with Crippen LogP contribution in [0.1, 0.15) is 41.9 Å². The van der Waals surface area contributed by atoms with Gasteiger partial charge in [-0.25, -0.2) is 4.68 Å². The number of carbonyl (C=O) groups is 1. The molecule has 5 nitrogen and oxygen atoms in total. The fraction of sp³-hybridized carbons (Fsp3) is 0.312. The molecule has 2 aromatic rings. The fourth-order valence-electron chi connectivity index (χ4n) is 2.20. The molecule has 122 valence electrons. The van der Waals surface area contributed by atoms with Gasteiger partial charge < -0.3 is 5.32 Å². The van der Waals surface area contributed by atoms with Crippen LogP contribution in [-0.4, -0.2) is 15.7 Å². The highest BCUT2D eigenvalue weighted by Gasteiger charge is 2.17. The lowest BCUT2D eigenvalue weighted by atomic mass is 10.0. The zero-order chi connectivity index (χ0) is 17.0. The van der Waals surface area contributed by atoms with Gasteiger partial charge in [0.15, 0.2) is 0 Å². The van der Waals surface area contributed by atoms with Crippen molar-refractivity contribution in [1.29, 1.82) is 0 Å². The van der Waals surface area contributed by atoms with Crippen molar-refractivity contribution < 1.29 is 4.79 Å². The highest BCUT2D eigenvalue weighted by atomic mass is 35.5. The molecule has 1 amide bonds. The normalized spacial score (nSPS) is 12.0. The van der Waals surface area contributed by atoms with Crippen LogP contribution >= 0.6 is 23.2 Å². The van der Waals surface area contributed by atoms with Crippen LogP contribution in [0.25, 0.3) is 0 Å². The number of nitrogens with one attached hydrogen (secondary N) is 1. The van der Waals surface area contributed by atoms with Crippen molar-refractivity contribution in [2.45, 2.75) is 25.8 Å². The van der Waals surface area contributed by atoms with E-state index in [0.717, 1.165) is 23.1 Å². The van der Waals surface area contributed by atoms with Gasteiger partial charge in [0, 0.05) is 13.1 Å². The van der Waals surface area contributed by atoms with Crippen molar-refractivity contribution in [3.05, 3.63) is 62.0 Å². The molecule has 0 bridgehead atoms. The third-order valence-corrected chi connectivity index (χ3v) is 4.16. The number of benzene rings is 1. The Labute approximate surface area is 144 Å². The Morgan fingerprint density at radius 2 is 2.00 bits per heavy atom. The maximum Gasteiger partial charge on any atom is 0.272 e. The first kappa shape index (κ1) is 17.5. The van der Waals surface area contributed by atoms with E-state index in [2.05, 4.69) is 10.4 Å². The quantitative estimate of drug-likeness (QED) is 0.896. The molecule has 23 heavy (non-hydrogen) atoms. The lowest BCUT2D eigenvalue weighted by Gasteiger charge is -2.19. The SMILES string of the molecule is CCC[C@@H](NC(=O)c1ccc(=O)n(C)n1)c1ccc(Cl)c(Cl)c1. The van der Waals surface area contributed by atoms with Crippen LogP contribution < -0.4 is 10.9 Å². The van der Waals surface area contributed by atoms with E-state index in [9.17, 15) is 9.59 Å². The highest BCUT2D eigenvalue weighted by molar-refractivity contribution is 6.42. The van der Waals surface area contributed by atoms with Gasteiger partial charge in [0.1, 0.15) is 5.69 Å². The van der Waals surface area contributed by atoms with Gasteiger partial charge in [0.05, 0.1) is 16.1 Å². The van der Waals surface area contributed by atoms with E-state index in [-0.39, 0.29) is 23.2 Å². The average Bonchev–Trinajstić information content (AvgIpc) is 2.52. The lowest BCUT2D eigenvalue weighted by Crippen LogP contribution is -2.31. The summed E-state index contributed by atoms with van der Waals surface area (Å²) >= 11 is 12.0. The molecule has 1 aromatic heterocycles. The molecule has 0 fully saturated rings. The smallest absolute Gasteiger partial charge is 0.272 e. The molecule has 2 rings (SSSR count). The van der Waals surface area contributed by atoms with Crippen LogP contribution in [0.5, 0.6) is 0 Å². The van der Waals surface area contributed by atoms with Gasteiger partial charge >= 0.3 is 0 Å². The molecular formula is C16H17Cl2N3O2. The first-order valence-electron chi connectivity index (χ1n) is 7.22. The van der Waals surface area contributed by atoms with Crippen molar-refractivity contribution in [2.75, 3.05) is 0 Å². The van der Waals surface area contributed by atoms with E-state index in [1.165, 1.54) is 19.2 Å². The number of amides is 1. The van der Waals surface area contributed by atoms with Gasteiger partial charge in [0.25, 0.3) is 11.5 Å². The molecule has 1 atom stereocenters. The van der Waals surface area contributed by atoms with Crippen molar-refractivity contribution in [3.8, 4) is 0 Å². The number of aromatic nitrogens is 2. The third-order valence-electron chi connectivity index (χ3n) is 3.42. The van der Waals surface area contributed by atoms with Gasteiger partial charge in [-0.05, 0) is 30.2 Å². The summed E-state index contributed by atoms with van der Waals surface area (Å²) < 4.78 is 1.13. The van der Waals surface area contributed by atoms with E-state index in [0.29, 0.717) is 10.0 Å². The van der Waals surface area contributed by atoms with E-state index >= 15 is 0 Å². The summed E-state index contributed by atoms with van der Waals surface area (Å²) in [6.07, 6.45) is 1.63. The zero-order valence-electron chi connectivity index (χ0n) is 12.8. The molecule has 0 saturated heterocycles. The second kappa shape index (κ2) is 7.62. The first-order chi connectivity index (χ1) is 10.9. The second-order valence-electron chi connectivity index (χ2n) is 5.17. The number of hydrogen-bond acceptors (Lipinski definition) is 3. The maximum atomic E-state index is 12.4. The number of aryl methyl sites for hydroxylation is 1. The van der Waals surface area contributed by atoms with Gasteiger partial charge in [0.2, 0.25) is 0 Å². The number of carbonyl (C=O) groups excluding carboxylic acids is 1. The average molecular weight is 354 g/mol. The van der Waals surface area contributed by atoms with Gasteiger partial charge in [-0.3, -0.25) is 9.59 Å². The molecule has 1 heterocycles. The van der Waals surface area contributed by atoms with Crippen LogP contribution in [0.3, 0.4) is 0 Å². The predicted molar refractivity (Wildman–Crippen MR) is 91.1 cm³/mol. The van der Waals surface area contributed by atoms with Gasteiger partial charge in [-0.15, -0.1) is 0 Å². The Bertz CT molecular complexity index is 774. The topological polar surface area (TPSA) is 64.0 Å². The molecule has 0 saturated carbocycles. The van der Waals surface area contributed by atoms with E-state index in [1.807, 2.05) is 13.0 Å². The van der Waals surface area contributed by atoms with Crippen LogP contribution in [0.2, 0.25) is 10.0 Å². The Hall–Kier alpha value is -1.85. The molecular weight excluding hydrogens is 337 g/mol. The summed E-state index contributed by atoms with van der Waals surface area (Å²) in [5.41, 5.74) is 0.795. The monoisotopic (exact) mass is 353 g/mol. The highest BCUT2D eigenvalue weighted by Crippen LogP contribution is 2.27. The standard InChI is InChI=1S/C16H17Cl2N3O2/c1-3-4-13(10-5-6-11(17)12(18)9-10)19-16(23)14-7-8-15(22)21(2)20-14/h5-9,13H,3-4H2,1-2H3,(H,19,23)/t13-/m1/s1. The number of nitrogens with zero attached hydrogens (tertiary/aromatic N) is 2. The summed E-state index contributed by atoms with van der Waals surface area (Å²) in [7, 11) is 1.50. The van der Waals surface area contributed by atoms with Crippen LogP contribution in [0.15, 0.2) is 35.1 Å². The molecule has 0 aliphatic heterocycles.